The number of rotatable bonds is 8. The topological polar surface area (TPSA) is 41.5 Å². The van der Waals surface area contributed by atoms with Gasteiger partial charge in [-0.05, 0) is 30.0 Å². The van der Waals surface area contributed by atoms with Crippen LogP contribution in [0.3, 0.4) is 0 Å². The van der Waals surface area contributed by atoms with Crippen molar-refractivity contribution in [1.82, 2.24) is 5.32 Å². The fourth-order valence-corrected chi connectivity index (χ4v) is 2.51. The molecule has 0 saturated carbocycles. The molecule has 0 aliphatic carbocycles. The van der Waals surface area contributed by atoms with Crippen molar-refractivity contribution < 1.29 is 9.84 Å². The number of aliphatic hydroxyl groups excluding tert-OH is 1. The lowest BCUT2D eigenvalue weighted by molar-refractivity contribution is 0.103. The van der Waals surface area contributed by atoms with Crippen molar-refractivity contribution in [2.45, 2.75) is 38.8 Å². The Balaban J connectivity index is 1.81. The normalized spacial score (nSPS) is 13.8. The van der Waals surface area contributed by atoms with E-state index in [1.807, 2.05) is 36.4 Å². The van der Waals surface area contributed by atoms with Gasteiger partial charge in [0, 0.05) is 12.6 Å². The monoisotopic (exact) mass is 313 g/mol. The van der Waals surface area contributed by atoms with Gasteiger partial charge >= 0.3 is 0 Å². The summed E-state index contributed by atoms with van der Waals surface area (Å²) in [6.07, 6.45) is -0.540. The highest BCUT2D eigenvalue weighted by atomic mass is 16.5. The van der Waals surface area contributed by atoms with Gasteiger partial charge in [0.25, 0.3) is 0 Å². The largest absolute Gasteiger partial charge is 0.491 e. The highest BCUT2D eigenvalue weighted by molar-refractivity contribution is 5.35. The molecule has 0 amide bonds. The Morgan fingerprint density at radius 2 is 1.61 bits per heavy atom. The molecule has 3 heteroatoms. The van der Waals surface area contributed by atoms with E-state index < -0.39 is 6.10 Å². The third-order valence-corrected chi connectivity index (χ3v) is 3.93. The van der Waals surface area contributed by atoms with Gasteiger partial charge in [-0.25, -0.2) is 0 Å². The third kappa shape index (κ3) is 5.38. The van der Waals surface area contributed by atoms with E-state index in [1.165, 1.54) is 11.1 Å². The molecule has 23 heavy (non-hydrogen) atoms. The minimum atomic E-state index is -0.540. The van der Waals surface area contributed by atoms with Crippen LogP contribution in [0, 0.1) is 0 Å². The summed E-state index contributed by atoms with van der Waals surface area (Å²) in [4.78, 5) is 0. The standard InChI is InChI=1S/C20H27NO2/c1-15(2)19-11-7-8-12-20(19)23-14-18(22)13-21-16(3)17-9-5-4-6-10-17/h4-12,15-16,18,21-22H,13-14H2,1-3H3/t16-,18-/m1/s1. The molecule has 2 N–H and O–H groups in total. The molecule has 0 fully saturated rings. The van der Waals surface area contributed by atoms with Crippen molar-refractivity contribution in [3.8, 4) is 5.75 Å². The Morgan fingerprint density at radius 3 is 2.30 bits per heavy atom. The summed E-state index contributed by atoms with van der Waals surface area (Å²) in [5.41, 5.74) is 2.39. The fourth-order valence-electron chi connectivity index (χ4n) is 2.51. The van der Waals surface area contributed by atoms with Gasteiger partial charge in [0.15, 0.2) is 0 Å². The Bertz CT molecular complexity index is 583. The molecular formula is C20H27NO2. The molecule has 0 saturated heterocycles. The van der Waals surface area contributed by atoms with E-state index in [-0.39, 0.29) is 12.6 Å². The van der Waals surface area contributed by atoms with Gasteiger partial charge in [-0.15, -0.1) is 0 Å². The number of hydrogen-bond acceptors (Lipinski definition) is 3. The Kier molecular flexibility index (Phi) is 6.63. The van der Waals surface area contributed by atoms with Gasteiger partial charge in [-0.2, -0.15) is 0 Å². The summed E-state index contributed by atoms with van der Waals surface area (Å²) in [6, 6.07) is 18.4. The van der Waals surface area contributed by atoms with E-state index in [0.717, 1.165) is 5.75 Å². The molecule has 2 aromatic rings. The summed E-state index contributed by atoms with van der Waals surface area (Å²) >= 11 is 0. The number of hydrogen-bond donors (Lipinski definition) is 2. The molecule has 3 nitrogen and oxygen atoms in total. The summed E-state index contributed by atoms with van der Waals surface area (Å²) in [5.74, 6) is 1.26. The average molecular weight is 313 g/mol. The van der Waals surface area contributed by atoms with Crippen molar-refractivity contribution in [3.05, 3.63) is 65.7 Å². The maximum atomic E-state index is 10.1. The first-order chi connectivity index (χ1) is 11.1. The molecule has 2 aromatic carbocycles. The van der Waals surface area contributed by atoms with Crippen LogP contribution in [-0.2, 0) is 0 Å². The summed E-state index contributed by atoms with van der Waals surface area (Å²) in [6.45, 7) is 7.17. The summed E-state index contributed by atoms with van der Waals surface area (Å²) in [7, 11) is 0. The highest BCUT2D eigenvalue weighted by Crippen LogP contribution is 2.25. The Morgan fingerprint density at radius 1 is 0.957 bits per heavy atom. The predicted molar refractivity (Wildman–Crippen MR) is 94.9 cm³/mol. The number of nitrogens with one attached hydrogen (secondary N) is 1. The number of aliphatic hydroxyl groups is 1. The van der Waals surface area contributed by atoms with E-state index in [2.05, 4.69) is 44.3 Å². The first-order valence-corrected chi connectivity index (χ1v) is 8.26. The fraction of sp³-hybridized carbons (Fsp3) is 0.400. The van der Waals surface area contributed by atoms with Crippen LogP contribution < -0.4 is 10.1 Å². The molecule has 0 unspecified atom stereocenters. The smallest absolute Gasteiger partial charge is 0.122 e. The summed E-state index contributed by atoms with van der Waals surface area (Å²) < 4.78 is 5.81. The lowest BCUT2D eigenvalue weighted by Gasteiger charge is -2.19. The highest BCUT2D eigenvalue weighted by Gasteiger charge is 2.11. The van der Waals surface area contributed by atoms with Crippen LogP contribution in [0.2, 0.25) is 0 Å². The lowest BCUT2D eigenvalue weighted by Crippen LogP contribution is -2.33. The van der Waals surface area contributed by atoms with Crippen LogP contribution in [0.4, 0.5) is 0 Å². The van der Waals surface area contributed by atoms with Crippen molar-refractivity contribution in [1.29, 1.82) is 0 Å². The van der Waals surface area contributed by atoms with Gasteiger partial charge in [0.2, 0.25) is 0 Å². The zero-order chi connectivity index (χ0) is 16.7. The minimum Gasteiger partial charge on any atom is -0.491 e. The molecule has 0 heterocycles. The first kappa shape index (κ1) is 17.5. The average Bonchev–Trinajstić information content (AvgIpc) is 2.58. The van der Waals surface area contributed by atoms with E-state index >= 15 is 0 Å². The lowest BCUT2D eigenvalue weighted by atomic mass is 10.0. The van der Waals surface area contributed by atoms with Crippen LogP contribution in [0.15, 0.2) is 54.6 Å². The maximum absolute atomic E-state index is 10.1. The number of benzene rings is 2. The Labute approximate surface area is 139 Å². The van der Waals surface area contributed by atoms with Gasteiger partial charge in [0.1, 0.15) is 18.5 Å². The van der Waals surface area contributed by atoms with E-state index in [0.29, 0.717) is 12.5 Å². The van der Waals surface area contributed by atoms with Gasteiger partial charge in [-0.1, -0.05) is 62.4 Å². The minimum absolute atomic E-state index is 0.203. The molecular weight excluding hydrogens is 286 g/mol. The quantitative estimate of drug-likeness (QED) is 0.776. The number of para-hydroxylation sites is 1. The zero-order valence-corrected chi connectivity index (χ0v) is 14.2. The molecule has 0 bridgehead atoms. The van der Waals surface area contributed by atoms with Crippen LogP contribution in [0.1, 0.15) is 43.9 Å². The maximum Gasteiger partial charge on any atom is 0.122 e. The number of ether oxygens (including phenoxy) is 1. The van der Waals surface area contributed by atoms with Crippen LogP contribution in [0.25, 0.3) is 0 Å². The van der Waals surface area contributed by atoms with Crippen LogP contribution in [0.5, 0.6) is 5.75 Å². The predicted octanol–water partition coefficient (Wildman–Crippen LogP) is 3.90. The van der Waals surface area contributed by atoms with Crippen molar-refractivity contribution >= 4 is 0 Å². The molecule has 0 aliphatic rings. The van der Waals surface area contributed by atoms with E-state index in [9.17, 15) is 5.11 Å². The molecule has 2 atom stereocenters. The third-order valence-electron chi connectivity index (χ3n) is 3.93. The zero-order valence-electron chi connectivity index (χ0n) is 14.2. The van der Waals surface area contributed by atoms with Crippen LogP contribution >= 0.6 is 0 Å². The molecule has 0 radical (unpaired) electrons. The van der Waals surface area contributed by atoms with Gasteiger partial charge in [-0.3, -0.25) is 0 Å². The second kappa shape index (κ2) is 8.70. The van der Waals surface area contributed by atoms with Crippen molar-refractivity contribution in [3.63, 3.8) is 0 Å². The molecule has 0 aromatic heterocycles. The molecule has 124 valence electrons. The van der Waals surface area contributed by atoms with Crippen molar-refractivity contribution in [2.75, 3.05) is 13.2 Å². The van der Waals surface area contributed by atoms with E-state index in [1.54, 1.807) is 0 Å². The SMILES string of the molecule is CC(C)c1ccccc1OC[C@H](O)CN[C@H](C)c1ccccc1. The van der Waals surface area contributed by atoms with E-state index in [4.69, 9.17) is 4.74 Å². The van der Waals surface area contributed by atoms with Crippen LogP contribution in [-0.4, -0.2) is 24.4 Å². The van der Waals surface area contributed by atoms with Crippen molar-refractivity contribution in [2.24, 2.45) is 0 Å². The second-order valence-electron chi connectivity index (χ2n) is 6.20. The summed E-state index contributed by atoms with van der Waals surface area (Å²) in [5, 5.41) is 13.5. The van der Waals surface area contributed by atoms with Gasteiger partial charge in [0.05, 0.1) is 0 Å². The Hall–Kier alpha value is -1.84. The molecule has 0 spiro atoms. The second-order valence-corrected chi connectivity index (χ2v) is 6.20. The molecule has 0 aliphatic heterocycles. The first-order valence-electron chi connectivity index (χ1n) is 8.26. The molecule has 2 rings (SSSR count). The van der Waals surface area contributed by atoms with Gasteiger partial charge < -0.3 is 15.2 Å².